The summed E-state index contributed by atoms with van der Waals surface area (Å²) in [4.78, 5) is 18.1. The summed E-state index contributed by atoms with van der Waals surface area (Å²) in [6.07, 6.45) is 4.81. The van der Waals surface area contributed by atoms with E-state index in [1.54, 1.807) is 30.9 Å². The number of hydrogen-bond acceptors (Lipinski definition) is 5. The first-order valence-electron chi connectivity index (χ1n) is 10.8. The number of aromatic hydroxyl groups is 1. The number of phenolic OH excluding ortho intramolecular Hbond substituents is 1. The van der Waals surface area contributed by atoms with Crippen molar-refractivity contribution in [3.63, 3.8) is 0 Å². The zero-order valence-corrected chi connectivity index (χ0v) is 20.1. The fourth-order valence-corrected chi connectivity index (χ4v) is 4.65. The number of pyridine rings is 1. The number of phenols is 1. The number of aromatic nitrogens is 1. The number of nitrogens with one attached hydrogen (secondary N) is 1. The number of aromatic amines is 1. The third-order valence-corrected chi connectivity index (χ3v) is 6.80. The molecular weight excluding hydrogens is 441 g/mol. The number of amides is 1. The lowest BCUT2D eigenvalue weighted by Gasteiger charge is -2.23. The number of halogens is 1. The maximum absolute atomic E-state index is 13.3. The van der Waals surface area contributed by atoms with Gasteiger partial charge in [0.1, 0.15) is 5.82 Å². The molecule has 4 rings (SSSR count). The standard InChI is InChI=1S/C25H28FN3O3S/c1-25(2,32)9-10-29-14-19-20(24(29)31)23(30)21-18(22(19)28(3)33-4)12-16(13-27-21)11-15-5-7-17(26)8-6-15/h5-8,12-13,30,32H,9-11,14H2,1-4H3/p+1. The minimum Gasteiger partial charge on any atom is -0.502 e. The lowest BCUT2D eigenvalue weighted by atomic mass is 9.98. The topological polar surface area (TPSA) is 78.2 Å². The summed E-state index contributed by atoms with van der Waals surface area (Å²) in [6, 6.07) is 8.42. The van der Waals surface area contributed by atoms with Gasteiger partial charge in [0.05, 0.1) is 22.2 Å². The highest BCUT2D eigenvalue weighted by Gasteiger charge is 2.37. The Bertz CT molecular complexity index is 1210. The Hall–Kier alpha value is -2.84. The molecule has 0 saturated carbocycles. The fraction of sp³-hybridized carbons (Fsp3) is 0.360. The van der Waals surface area contributed by atoms with Gasteiger partial charge in [0.25, 0.3) is 11.4 Å². The van der Waals surface area contributed by atoms with Crippen molar-refractivity contribution in [1.82, 2.24) is 4.90 Å². The van der Waals surface area contributed by atoms with E-state index in [0.717, 1.165) is 27.8 Å². The van der Waals surface area contributed by atoms with Gasteiger partial charge in [-0.1, -0.05) is 24.1 Å². The summed E-state index contributed by atoms with van der Waals surface area (Å²) in [6.45, 7) is 4.21. The van der Waals surface area contributed by atoms with Gasteiger partial charge >= 0.3 is 0 Å². The molecule has 0 unspecified atom stereocenters. The minimum absolute atomic E-state index is 0.0534. The summed E-state index contributed by atoms with van der Waals surface area (Å²) >= 11 is 1.52. The summed E-state index contributed by atoms with van der Waals surface area (Å²) in [5, 5.41) is 22.0. The van der Waals surface area contributed by atoms with Gasteiger partial charge in [0.2, 0.25) is 5.75 Å². The second-order valence-electron chi connectivity index (χ2n) is 9.12. The first-order chi connectivity index (χ1) is 15.6. The van der Waals surface area contributed by atoms with Crippen LogP contribution in [0.1, 0.15) is 47.3 Å². The van der Waals surface area contributed by atoms with Crippen LogP contribution in [0.2, 0.25) is 0 Å². The molecule has 6 nitrogen and oxygen atoms in total. The Morgan fingerprint density at radius 1 is 1.24 bits per heavy atom. The van der Waals surface area contributed by atoms with Crippen LogP contribution in [-0.2, 0) is 13.0 Å². The highest BCUT2D eigenvalue weighted by Crippen LogP contribution is 2.44. The Morgan fingerprint density at radius 3 is 2.58 bits per heavy atom. The van der Waals surface area contributed by atoms with Crippen molar-refractivity contribution in [3.05, 3.63) is 64.6 Å². The number of nitrogens with zero attached hydrogens (tertiary/aromatic N) is 2. The first-order valence-corrected chi connectivity index (χ1v) is 12.0. The molecule has 0 spiro atoms. The largest absolute Gasteiger partial charge is 0.502 e. The zero-order valence-electron chi connectivity index (χ0n) is 19.3. The predicted molar refractivity (Wildman–Crippen MR) is 129 cm³/mol. The Balaban J connectivity index is 1.80. The van der Waals surface area contributed by atoms with E-state index in [1.807, 2.05) is 29.9 Å². The van der Waals surface area contributed by atoms with E-state index in [9.17, 15) is 19.4 Å². The third kappa shape index (κ3) is 4.63. The van der Waals surface area contributed by atoms with Crippen LogP contribution >= 0.6 is 11.9 Å². The van der Waals surface area contributed by atoms with Crippen LogP contribution in [-0.4, -0.2) is 46.5 Å². The molecule has 3 N–H and O–H groups in total. The van der Waals surface area contributed by atoms with Gasteiger partial charge in [-0.05, 0) is 44.0 Å². The van der Waals surface area contributed by atoms with Gasteiger partial charge in [-0.3, -0.25) is 4.79 Å². The Morgan fingerprint density at radius 2 is 1.94 bits per heavy atom. The van der Waals surface area contributed by atoms with Crippen molar-refractivity contribution >= 4 is 34.4 Å². The summed E-state index contributed by atoms with van der Waals surface area (Å²) in [5.41, 5.74) is 3.55. The molecular formula is C25H29FN3O3S+. The van der Waals surface area contributed by atoms with E-state index in [-0.39, 0.29) is 17.5 Å². The van der Waals surface area contributed by atoms with E-state index in [0.29, 0.717) is 37.0 Å². The van der Waals surface area contributed by atoms with Gasteiger partial charge in [-0.15, -0.1) is 0 Å². The van der Waals surface area contributed by atoms with E-state index < -0.39 is 5.60 Å². The van der Waals surface area contributed by atoms with Crippen LogP contribution in [0.25, 0.3) is 10.9 Å². The molecule has 1 aliphatic heterocycles. The highest BCUT2D eigenvalue weighted by molar-refractivity contribution is 7.99. The molecule has 33 heavy (non-hydrogen) atoms. The number of carbonyl (C=O) groups excluding carboxylic acids is 1. The van der Waals surface area contributed by atoms with Crippen molar-refractivity contribution < 1.29 is 24.4 Å². The van der Waals surface area contributed by atoms with Gasteiger partial charge < -0.3 is 19.4 Å². The lowest BCUT2D eigenvalue weighted by Crippen LogP contribution is -2.31. The molecule has 0 bridgehead atoms. The lowest BCUT2D eigenvalue weighted by molar-refractivity contribution is -0.346. The molecule has 174 valence electrons. The third-order valence-electron chi connectivity index (χ3n) is 6.07. The van der Waals surface area contributed by atoms with Crippen molar-refractivity contribution in [2.24, 2.45) is 0 Å². The monoisotopic (exact) mass is 470 g/mol. The summed E-state index contributed by atoms with van der Waals surface area (Å²) < 4.78 is 15.3. The molecule has 8 heteroatoms. The molecule has 3 aromatic rings. The van der Waals surface area contributed by atoms with Crippen LogP contribution < -0.4 is 9.29 Å². The zero-order chi connectivity index (χ0) is 23.9. The van der Waals surface area contributed by atoms with Crippen LogP contribution in [0.15, 0.2) is 36.5 Å². The van der Waals surface area contributed by atoms with E-state index in [4.69, 9.17) is 0 Å². The van der Waals surface area contributed by atoms with Crippen molar-refractivity contribution in [3.8, 4) is 5.75 Å². The van der Waals surface area contributed by atoms with Crippen LogP contribution in [0.3, 0.4) is 0 Å². The number of benzene rings is 2. The molecule has 0 atom stereocenters. The molecule has 1 aromatic heterocycles. The van der Waals surface area contributed by atoms with Gasteiger partial charge in [-0.2, -0.15) is 0 Å². The van der Waals surface area contributed by atoms with E-state index in [1.165, 1.54) is 24.1 Å². The average Bonchev–Trinajstić information content (AvgIpc) is 3.09. The van der Waals surface area contributed by atoms with Crippen molar-refractivity contribution in [1.29, 1.82) is 0 Å². The second-order valence-corrected chi connectivity index (χ2v) is 10.0. The number of H-pyrrole nitrogens is 1. The maximum atomic E-state index is 13.3. The molecule has 1 aliphatic rings. The quantitative estimate of drug-likeness (QED) is 0.512. The fourth-order valence-electron chi connectivity index (χ4n) is 4.26. The number of hydrogen-bond donors (Lipinski definition) is 2. The van der Waals surface area contributed by atoms with Crippen LogP contribution in [0.5, 0.6) is 5.75 Å². The minimum atomic E-state index is -0.885. The molecule has 0 aliphatic carbocycles. The number of fused-ring (bicyclic) bond motifs is 2. The number of aliphatic hydroxyl groups is 1. The second kappa shape index (κ2) is 8.83. The molecule has 2 aromatic carbocycles. The maximum Gasteiger partial charge on any atom is 0.258 e. The molecule has 1 amide bonds. The van der Waals surface area contributed by atoms with E-state index in [2.05, 4.69) is 4.98 Å². The number of rotatable bonds is 7. The van der Waals surface area contributed by atoms with Crippen LogP contribution in [0, 0.1) is 5.82 Å². The van der Waals surface area contributed by atoms with Gasteiger partial charge in [0.15, 0.2) is 6.20 Å². The number of anilines is 1. The SMILES string of the molecule is CSN(C)c1c2c(c(O)c3[nH+]cc(Cc4ccc(F)cc4)cc13)C(=O)N(CCC(C)(C)O)C2. The first kappa shape index (κ1) is 23.3. The smallest absolute Gasteiger partial charge is 0.258 e. The summed E-state index contributed by atoms with van der Waals surface area (Å²) in [7, 11) is 1.94. The van der Waals surface area contributed by atoms with Gasteiger partial charge in [0, 0.05) is 43.9 Å². The molecule has 0 fully saturated rings. The summed E-state index contributed by atoms with van der Waals surface area (Å²) in [5.74, 6) is -0.553. The normalized spacial score (nSPS) is 13.6. The Kier molecular flexibility index (Phi) is 6.24. The van der Waals surface area contributed by atoms with Crippen molar-refractivity contribution in [2.45, 2.75) is 38.8 Å². The molecule has 0 saturated heterocycles. The average molecular weight is 471 g/mol. The molecule has 0 radical (unpaired) electrons. The Labute approximate surface area is 197 Å². The molecule has 2 heterocycles. The predicted octanol–water partition coefficient (Wildman–Crippen LogP) is 3.92. The van der Waals surface area contributed by atoms with Crippen LogP contribution in [0.4, 0.5) is 10.1 Å². The van der Waals surface area contributed by atoms with Crippen molar-refractivity contribution in [2.75, 3.05) is 24.2 Å². The highest BCUT2D eigenvalue weighted by atomic mass is 32.2. The van der Waals surface area contributed by atoms with E-state index >= 15 is 0 Å². The van der Waals surface area contributed by atoms with Gasteiger partial charge in [-0.25, -0.2) is 9.37 Å². The number of carbonyl (C=O) groups is 1.